The molecule has 0 saturated heterocycles. The van der Waals surface area contributed by atoms with Crippen LogP contribution in [0.3, 0.4) is 0 Å². The monoisotopic (exact) mass is 316 g/mol. The first-order valence-corrected chi connectivity index (χ1v) is 7.59. The number of nitro groups is 1. The van der Waals surface area contributed by atoms with Crippen LogP contribution in [0.5, 0.6) is 0 Å². The van der Waals surface area contributed by atoms with E-state index in [4.69, 9.17) is 0 Å². The maximum atomic E-state index is 13.5. The van der Waals surface area contributed by atoms with Crippen LogP contribution in [-0.2, 0) is 0 Å². The highest BCUT2D eigenvalue weighted by molar-refractivity contribution is 7.18. The van der Waals surface area contributed by atoms with Gasteiger partial charge < -0.3 is 0 Å². The lowest BCUT2D eigenvalue weighted by Gasteiger charge is -2.14. The summed E-state index contributed by atoms with van der Waals surface area (Å²) in [5.41, 5.74) is 2.20. The van der Waals surface area contributed by atoms with E-state index in [-0.39, 0.29) is 11.5 Å². The molecule has 0 aliphatic rings. The lowest BCUT2D eigenvalue weighted by molar-refractivity contribution is -0.481. The molecule has 0 aliphatic heterocycles. The van der Waals surface area contributed by atoms with Crippen molar-refractivity contribution in [3.05, 3.63) is 74.5 Å². The Hall–Kier alpha value is -2.34. The molecule has 0 N–H and O–H groups in total. The lowest BCUT2D eigenvalue weighted by Crippen LogP contribution is -2.14. The highest BCUT2D eigenvalue weighted by Crippen LogP contribution is 2.30. The third-order valence-corrected chi connectivity index (χ3v) is 4.46. The Labute approximate surface area is 130 Å². The fourth-order valence-electron chi connectivity index (χ4n) is 2.55. The van der Waals surface area contributed by atoms with Crippen molar-refractivity contribution in [2.45, 2.75) is 12.8 Å². The number of hydrogen-bond donors (Lipinski definition) is 0. The van der Waals surface area contributed by atoms with Gasteiger partial charge in [-0.3, -0.25) is 10.1 Å². The average molecular weight is 316 g/mol. The minimum atomic E-state index is -0.489. The van der Waals surface area contributed by atoms with Crippen LogP contribution in [0, 0.1) is 22.9 Å². The molecular formula is C16H13FN2O2S. The summed E-state index contributed by atoms with van der Waals surface area (Å²) in [6, 6.07) is 11.6. The minimum absolute atomic E-state index is 0.280. The molecule has 112 valence electrons. The van der Waals surface area contributed by atoms with E-state index in [2.05, 4.69) is 4.98 Å². The lowest BCUT2D eigenvalue weighted by atomic mass is 9.91. The van der Waals surface area contributed by atoms with E-state index in [0.29, 0.717) is 5.56 Å². The van der Waals surface area contributed by atoms with E-state index in [1.807, 2.05) is 25.1 Å². The second-order valence-corrected chi connectivity index (χ2v) is 6.32. The molecule has 22 heavy (non-hydrogen) atoms. The third-order valence-electron chi connectivity index (χ3n) is 3.50. The molecule has 0 radical (unpaired) electrons. The van der Waals surface area contributed by atoms with Gasteiger partial charge in [-0.15, -0.1) is 11.3 Å². The molecule has 1 heterocycles. The van der Waals surface area contributed by atoms with Crippen LogP contribution in [0.1, 0.15) is 22.1 Å². The Morgan fingerprint density at radius 1 is 1.27 bits per heavy atom. The number of hydrogen-bond acceptors (Lipinski definition) is 4. The zero-order valence-electron chi connectivity index (χ0n) is 11.8. The first kappa shape index (κ1) is 14.6. The molecule has 0 bridgehead atoms. The second-order valence-electron chi connectivity index (χ2n) is 5.08. The van der Waals surface area contributed by atoms with Gasteiger partial charge in [0.15, 0.2) is 0 Å². The fraction of sp³-hybridized carbons (Fsp3) is 0.188. The molecule has 6 heteroatoms. The number of thiazole rings is 1. The van der Waals surface area contributed by atoms with E-state index in [0.717, 1.165) is 20.8 Å². The van der Waals surface area contributed by atoms with Crippen LogP contribution in [-0.4, -0.2) is 16.5 Å². The van der Waals surface area contributed by atoms with E-state index in [1.165, 1.54) is 12.1 Å². The Bertz CT molecular complexity index is 847. The zero-order chi connectivity index (χ0) is 15.7. The molecule has 3 rings (SSSR count). The third kappa shape index (κ3) is 2.96. The molecule has 1 aromatic heterocycles. The number of fused-ring (bicyclic) bond motifs is 1. The minimum Gasteiger partial charge on any atom is -0.265 e. The molecular weight excluding hydrogens is 303 g/mol. The van der Waals surface area contributed by atoms with Crippen molar-refractivity contribution >= 4 is 21.6 Å². The van der Waals surface area contributed by atoms with E-state index >= 15 is 0 Å². The molecule has 1 unspecified atom stereocenters. The summed E-state index contributed by atoms with van der Waals surface area (Å²) < 4.78 is 14.5. The highest BCUT2D eigenvalue weighted by atomic mass is 32.1. The quantitative estimate of drug-likeness (QED) is 0.536. The molecule has 1 atom stereocenters. The SMILES string of the molecule is Cc1nc2cc(C(C[N+](=O)[O-])c3cccc(F)c3)ccc2s1. The first-order chi connectivity index (χ1) is 10.5. The molecule has 4 nitrogen and oxygen atoms in total. The second kappa shape index (κ2) is 5.81. The van der Waals surface area contributed by atoms with Crippen molar-refractivity contribution in [1.82, 2.24) is 4.98 Å². The van der Waals surface area contributed by atoms with Gasteiger partial charge in [0.25, 0.3) is 0 Å². The summed E-state index contributed by atoms with van der Waals surface area (Å²) in [5.74, 6) is -0.881. The van der Waals surface area contributed by atoms with Crippen LogP contribution in [0.4, 0.5) is 4.39 Å². The van der Waals surface area contributed by atoms with Crippen molar-refractivity contribution in [3.8, 4) is 0 Å². The van der Waals surface area contributed by atoms with Crippen LogP contribution < -0.4 is 0 Å². The first-order valence-electron chi connectivity index (χ1n) is 6.77. The average Bonchev–Trinajstić information content (AvgIpc) is 2.83. The summed E-state index contributed by atoms with van der Waals surface area (Å²) >= 11 is 1.58. The number of nitrogens with zero attached hydrogens (tertiary/aromatic N) is 2. The van der Waals surface area contributed by atoms with E-state index < -0.39 is 11.7 Å². The standard InChI is InChI=1S/C16H13FN2O2S/c1-10-18-15-8-12(5-6-16(15)22-10)14(9-19(20)21)11-3-2-4-13(17)7-11/h2-8,14H,9H2,1H3. The summed E-state index contributed by atoms with van der Waals surface area (Å²) in [6.07, 6.45) is 0. The summed E-state index contributed by atoms with van der Waals surface area (Å²) in [4.78, 5) is 15.1. The Balaban J connectivity index is 2.08. The van der Waals surface area contributed by atoms with Crippen molar-refractivity contribution < 1.29 is 9.31 Å². The Morgan fingerprint density at radius 2 is 2.05 bits per heavy atom. The van der Waals surface area contributed by atoms with Gasteiger partial charge in [0.2, 0.25) is 6.54 Å². The zero-order valence-corrected chi connectivity index (χ0v) is 12.6. The Kier molecular flexibility index (Phi) is 3.85. The van der Waals surface area contributed by atoms with Gasteiger partial charge in [-0.2, -0.15) is 0 Å². The van der Waals surface area contributed by atoms with Gasteiger partial charge in [-0.05, 0) is 42.3 Å². The number of aromatic nitrogens is 1. The molecule has 0 fully saturated rings. The van der Waals surface area contributed by atoms with Crippen molar-refractivity contribution in [3.63, 3.8) is 0 Å². The maximum Gasteiger partial charge on any atom is 0.214 e. The predicted octanol–water partition coefficient (Wildman–Crippen LogP) is 4.15. The van der Waals surface area contributed by atoms with E-state index in [9.17, 15) is 14.5 Å². The number of rotatable bonds is 4. The van der Waals surface area contributed by atoms with Gasteiger partial charge in [-0.25, -0.2) is 9.37 Å². The molecule has 0 aliphatic carbocycles. The summed E-state index contributed by atoms with van der Waals surface area (Å²) in [5, 5.41) is 12.0. The predicted molar refractivity (Wildman–Crippen MR) is 84.5 cm³/mol. The van der Waals surface area contributed by atoms with Gasteiger partial charge in [0.1, 0.15) is 5.82 Å². The van der Waals surface area contributed by atoms with Gasteiger partial charge >= 0.3 is 0 Å². The number of halogens is 1. The molecule has 0 spiro atoms. The number of benzene rings is 2. The smallest absolute Gasteiger partial charge is 0.214 e. The fourth-order valence-corrected chi connectivity index (χ4v) is 3.36. The molecule has 2 aromatic carbocycles. The maximum absolute atomic E-state index is 13.5. The normalized spacial score (nSPS) is 12.5. The molecule has 3 aromatic rings. The van der Waals surface area contributed by atoms with Crippen LogP contribution in [0.2, 0.25) is 0 Å². The van der Waals surface area contributed by atoms with E-state index in [1.54, 1.807) is 23.5 Å². The summed E-state index contributed by atoms with van der Waals surface area (Å²) in [6.45, 7) is 1.64. The number of aryl methyl sites for hydroxylation is 1. The van der Waals surface area contributed by atoms with Crippen molar-refractivity contribution in [2.75, 3.05) is 6.54 Å². The molecule has 0 saturated carbocycles. The van der Waals surface area contributed by atoms with Crippen molar-refractivity contribution in [1.29, 1.82) is 0 Å². The van der Waals surface area contributed by atoms with Crippen LogP contribution >= 0.6 is 11.3 Å². The molecule has 0 amide bonds. The topological polar surface area (TPSA) is 56.0 Å². The van der Waals surface area contributed by atoms with Gasteiger partial charge in [-0.1, -0.05) is 18.2 Å². The summed E-state index contributed by atoms with van der Waals surface area (Å²) in [7, 11) is 0. The van der Waals surface area contributed by atoms with Gasteiger partial charge in [0.05, 0.1) is 21.1 Å². The largest absolute Gasteiger partial charge is 0.265 e. The Morgan fingerprint density at radius 3 is 2.77 bits per heavy atom. The van der Waals surface area contributed by atoms with Gasteiger partial charge in [0, 0.05) is 4.92 Å². The van der Waals surface area contributed by atoms with Crippen molar-refractivity contribution in [2.24, 2.45) is 0 Å². The van der Waals surface area contributed by atoms with Crippen LogP contribution in [0.15, 0.2) is 42.5 Å². The highest BCUT2D eigenvalue weighted by Gasteiger charge is 2.21. The van der Waals surface area contributed by atoms with Crippen LogP contribution in [0.25, 0.3) is 10.2 Å².